The van der Waals surface area contributed by atoms with Crippen LogP contribution in [-0.2, 0) is 11.2 Å². The zero-order valence-corrected chi connectivity index (χ0v) is 11.5. The van der Waals surface area contributed by atoms with Crippen molar-refractivity contribution in [3.05, 3.63) is 27.4 Å². The van der Waals surface area contributed by atoms with E-state index in [2.05, 4.69) is 4.98 Å². The van der Waals surface area contributed by atoms with Crippen molar-refractivity contribution in [2.75, 3.05) is 13.2 Å². The summed E-state index contributed by atoms with van der Waals surface area (Å²) < 4.78 is 5.28. The highest BCUT2D eigenvalue weighted by Crippen LogP contribution is 2.28. The molecule has 6 heteroatoms. The molecule has 4 nitrogen and oxygen atoms in total. The summed E-state index contributed by atoms with van der Waals surface area (Å²) in [6.07, 6.45) is 0.801. The van der Waals surface area contributed by atoms with Crippen molar-refractivity contribution < 1.29 is 14.6 Å². The average Bonchev–Trinajstić information content (AvgIpc) is 2.97. The highest BCUT2D eigenvalue weighted by Gasteiger charge is 2.10. The quantitative estimate of drug-likeness (QED) is 0.827. The van der Waals surface area contributed by atoms with E-state index in [9.17, 15) is 4.79 Å². The second-order valence-electron chi connectivity index (χ2n) is 3.58. The van der Waals surface area contributed by atoms with E-state index >= 15 is 0 Å². The minimum atomic E-state index is -0.899. The highest BCUT2D eigenvalue weighted by atomic mass is 32.1. The van der Waals surface area contributed by atoms with E-state index in [1.807, 2.05) is 12.3 Å². The van der Waals surface area contributed by atoms with Crippen molar-refractivity contribution in [2.45, 2.75) is 13.3 Å². The lowest BCUT2D eigenvalue weighted by atomic mass is 10.3. The van der Waals surface area contributed by atoms with Gasteiger partial charge in [-0.25, -0.2) is 9.78 Å². The van der Waals surface area contributed by atoms with Crippen LogP contribution in [0.1, 0.15) is 22.3 Å². The summed E-state index contributed by atoms with van der Waals surface area (Å²) >= 11 is 2.99. The fourth-order valence-corrected chi connectivity index (χ4v) is 3.12. The summed E-state index contributed by atoms with van der Waals surface area (Å²) in [7, 11) is 0. The van der Waals surface area contributed by atoms with Crippen LogP contribution in [0.2, 0.25) is 0 Å². The van der Waals surface area contributed by atoms with E-state index in [0.29, 0.717) is 18.8 Å². The standard InChI is InChI=1S/C12H13NO3S2/c1-2-16-4-3-11-13-9(7-18-11)10-5-8(6-17-10)12(14)15/h5-7H,2-4H2,1H3,(H,14,15). The fraction of sp³-hybridized carbons (Fsp3) is 0.333. The van der Waals surface area contributed by atoms with Gasteiger partial charge in [-0.2, -0.15) is 0 Å². The van der Waals surface area contributed by atoms with Crippen LogP contribution in [0.5, 0.6) is 0 Å². The monoisotopic (exact) mass is 283 g/mol. The molecule has 0 atom stereocenters. The SMILES string of the molecule is CCOCCc1nc(-c2cc(C(=O)O)cs2)cs1. The van der Waals surface area contributed by atoms with E-state index in [4.69, 9.17) is 9.84 Å². The van der Waals surface area contributed by atoms with Gasteiger partial charge < -0.3 is 9.84 Å². The number of thiophene rings is 1. The predicted octanol–water partition coefficient (Wildman–Crippen LogP) is 3.15. The van der Waals surface area contributed by atoms with Crippen molar-refractivity contribution >= 4 is 28.6 Å². The molecule has 0 saturated carbocycles. The van der Waals surface area contributed by atoms with E-state index in [1.165, 1.54) is 11.3 Å². The summed E-state index contributed by atoms with van der Waals surface area (Å²) in [5.41, 5.74) is 1.17. The third kappa shape index (κ3) is 3.16. The van der Waals surface area contributed by atoms with Crippen LogP contribution in [0.15, 0.2) is 16.8 Å². The smallest absolute Gasteiger partial charge is 0.336 e. The summed E-state index contributed by atoms with van der Waals surface area (Å²) in [4.78, 5) is 16.2. The lowest BCUT2D eigenvalue weighted by Gasteiger charge is -1.96. The molecule has 18 heavy (non-hydrogen) atoms. The number of aromatic nitrogens is 1. The molecule has 96 valence electrons. The predicted molar refractivity (Wildman–Crippen MR) is 72.6 cm³/mol. The number of hydrogen-bond acceptors (Lipinski definition) is 5. The Labute approximate surface area is 113 Å². The maximum Gasteiger partial charge on any atom is 0.336 e. The Bertz CT molecular complexity index is 533. The van der Waals surface area contributed by atoms with Crippen molar-refractivity contribution in [3.8, 4) is 10.6 Å². The first-order chi connectivity index (χ1) is 8.70. The van der Waals surface area contributed by atoms with E-state index in [0.717, 1.165) is 22.0 Å². The Morgan fingerprint density at radius 3 is 2.94 bits per heavy atom. The van der Waals surface area contributed by atoms with Gasteiger partial charge in [0.15, 0.2) is 0 Å². The topological polar surface area (TPSA) is 59.4 Å². The maximum atomic E-state index is 10.8. The van der Waals surface area contributed by atoms with Gasteiger partial charge in [0.1, 0.15) is 0 Å². The van der Waals surface area contributed by atoms with Gasteiger partial charge in [-0.3, -0.25) is 0 Å². The Balaban J connectivity index is 2.06. The first kappa shape index (κ1) is 13.2. The average molecular weight is 283 g/mol. The van der Waals surface area contributed by atoms with Gasteiger partial charge >= 0.3 is 5.97 Å². The van der Waals surface area contributed by atoms with Gasteiger partial charge in [0.2, 0.25) is 0 Å². The normalized spacial score (nSPS) is 10.7. The van der Waals surface area contributed by atoms with Gasteiger partial charge in [-0.15, -0.1) is 22.7 Å². The first-order valence-corrected chi connectivity index (χ1v) is 7.31. The third-order valence-electron chi connectivity index (χ3n) is 2.31. The molecule has 1 N–H and O–H groups in total. The van der Waals surface area contributed by atoms with Crippen LogP contribution in [-0.4, -0.2) is 29.3 Å². The molecule has 2 aromatic rings. The van der Waals surface area contributed by atoms with Crippen LogP contribution >= 0.6 is 22.7 Å². The minimum absolute atomic E-state index is 0.318. The van der Waals surface area contributed by atoms with Crippen LogP contribution in [0, 0.1) is 0 Å². The number of carbonyl (C=O) groups is 1. The molecule has 2 rings (SSSR count). The van der Waals surface area contributed by atoms with Crippen LogP contribution in [0.25, 0.3) is 10.6 Å². The summed E-state index contributed by atoms with van der Waals surface area (Å²) in [5, 5.41) is 13.5. The van der Waals surface area contributed by atoms with Gasteiger partial charge in [0.05, 0.1) is 27.7 Å². The summed E-state index contributed by atoms with van der Waals surface area (Å²) in [6.45, 7) is 3.35. The van der Waals surface area contributed by atoms with Crippen molar-refractivity contribution in [3.63, 3.8) is 0 Å². The Hall–Kier alpha value is -1.24. The van der Waals surface area contributed by atoms with Crippen LogP contribution in [0.4, 0.5) is 0 Å². The van der Waals surface area contributed by atoms with Crippen molar-refractivity contribution in [1.82, 2.24) is 4.98 Å². The molecule has 2 aromatic heterocycles. The zero-order valence-electron chi connectivity index (χ0n) is 9.88. The molecule has 0 bridgehead atoms. The third-order valence-corrected chi connectivity index (χ3v) is 4.18. The molecule has 0 aliphatic heterocycles. The number of rotatable bonds is 6. The summed E-state index contributed by atoms with van der Waals surface area (Å²) in [6, 6.07) is 1.66. The summed E-state index contributed by atoms with van der Waals surface area (Å²) in [5.74, 6) is -0.899. The number of aromatic carboxylic acids is 1. The van der Waals surface area contributed by atoms with Crippen LogP contribution in [0.3, 0.4) is 0 Å². The number of carboxylic acid groups (broad SMARTS) is 1. The van der Waals surface area contributed by atoms with E-state index in [-0.39, 0.29) is 0 Å². The molecule has 0 radical (unpaired) electrons. The molecule has 0 fully saturated rings. The zero-order chi connectivity index (χ0) is 13.0. The molecule has 0 spiro atoms. The number of nitrogens with zero attached hydrogens (tertiary/aromatic N) is 1. The molecule has 0 aliphatic carbocycles. The van der Waals surface area contributed by atoms with Gasteiger partial charge in [-0.1, -0.05) is 0 Å². The van der Waals surface area contributed by atoms with Crippen molar-refractivity contribution in [2.24, 2.45) is 0 Å². The Morgan fingerprint density at radius 2 is 2.28 bits per heavy atom. The van der Waals surface area contributed by atoms with E-state index < -0.39 is 5.97 Å². The molecule has 0 aromatic carbocycles. The van der Waals surface area contributed by atoms with Crippen LogP contribution < -0.4 is 0 Å². The lowest BCUT2D eigenvalue weighted by Crippen LogP contribution is -1.97. The number of thiazole rings is 1. The van der Waals surface area contributed by atoms with Gasteiger partial charge in [0, 0.05) is 23.8 Å². The fourth-order valence-electron chi connectivity index (χ4n) is 1.43. The largest absolute Gasteiger partial charge is 0.478 e. The molecule has 0 saturated heterocycles. The van der Waals surface area contributed by atoms with Gasteiger partial charge in [0.25, 0.3) is 0 Å². The Morgan fingerprint density at radius 1 is 1.44 bits per heavy atom. The first-order valence-electron chi connectivity index (χ1n) is 5.55. The molecule has 2 heterocycles. The number of ether oxygens (including phenoxy) is 1. The van der Waals surface area contributed by atoms with E-state index in [1.54, 1.807) is 22.8 Å². The highest BCUT2D eigenvalue weighted by molar-refractivity contribution is 7.14. The molecular formula is C12H13NO3S2. The number of carboxylic acids is 1. The van der Waals surface area contributed by atoms with Crippen molar-refractivity contribution in [1.29, 1.82) is 0 Å². The minimum Gasteiger partial charge on any atom is -0.478 e. The molecule has 0 unspecified atom stereocenters. The molecular weight excluding hydrogens is 270 g/mol. The second-order valence-corrected chi connectivity index (χ2v) is 5.43. The Kier molecular flexibility index (Phi) is 4.46. The molecule has 0 aliphatic rings. The number of hydrogen-bond donors (Lipinski definition) is 1. The van der Waals surface area contributed by atoms with Gasteiger partial charge in [-0.05, 0) is 13.0 Å². The molecule has 0 amide bonds. The second kappa shape index (κ2) is 6.08. The lowest BCUT2D eigenvalue weighted by molar-refractivity contribution is 0.0697. The maximum absolute atomic E-state index is 10.8.